The number of amides is 1. The van der Waals surface area contributed by atoms with Gasteiger partial charge in [0, 0.05) is 12.1 Å². The number of nitrogens with zero attached hydrogens (tertiary/aromatic N) is 2. The van der Waals surface area contributed by atoms with E-state index in [-0.39, 0.29) is 11.8 Å². The van der Waals surface area contributed by atoms with Gasteiger partial charge in [-0.15, -0.1) is 0 Å². The Kier molecular flexibility index (Phi) is 3.38. The maximum atomic E-state index is 12.6. The number of fused-ring (bicyclic) bond motifs is 1. The molecule has 1 saturated carbocycles. The number of nitriles is 1. The molecule has 3 unspecified atom stereocenters. The predicted octanol–water partition coefficient (Wildman–Crippen LogP) is 1.88. The van der Waals surface area contributed by atoms with Crippen LogP contribution in [-0.2, 0) is 4.79 Å². The molecule has 5 heteroatoms. The number of aliphatic carboxylic acids is 1. The third-order valence-electron chi connectivity index (χ3n) is 4.64. The van der Waals surface area contributed by atoms with Gasteiger partial charge in [-0.25, -0.2) is 4.79 Å². The minimum atomic E-state index is -0.922. The second-order valence-corrected chi connectivity index (χ2v) is 5.79. The Bertz CT molecular complexity index is 635. The van der Waals surface area contributed by atoms with Gasteiger partial charge in [0.1, 0.15) is 6.04 Å². The van der Waals surface area contributed by atoms with Crippen molar-refractivity contribution in [2.24, 2.45) is 11.8 Å². The van der Waals surface area contributed by atoms with Crippen LogP contribution in [0.3, 0.4) is 0 Å². The lowest BCUT2D eigenvalue weighted by molar-refractivity contribution is -0.142. The molecule has 1 aliphatic heterocycles. The van der Waals surface area contributed by atoms with E-state index in [1.807, 2.05) is 6.07 Å². The molecule has 3 atom stereocenters. The molecule has 1 amide bonds. The second-order valence-electron chi connectivity index (χ2n) is 5.79. The number of rotatable bonds is 2. The van der Waals surface area contributed by atoms with Crippen molar-refractivity contribution >= 4 is 11.9 Å². The highest BCUT2D eigenvalue weighted by molar-refractivity contribution is 5.97. The largest absolute Gasteiger partial charge is 0.480 e. The SMILES string of the molecule is N#Cc1cccc(C(=O)N2CC3CCCC3C2C(=O)O)c1. The van der Waals surface area contributed by atoms with E-state index < -0.39 is 12.0 Å². The summed E-state index contributed by atoms with van der Waals surface area (Å²) in [7, 11) is 0. The Balaban J connectivity index is 1.90. The maximum absolute atomic E-state index is 12.6. The minimum Gasteiger partial charge on any atom is -0.480 e. The summed E-state index contributed by atoms with van der Waals surface area (Å²) in [6.07, 6.45) is 2.92. The second kappa shape index (κ2) is 5.21. The van der Waals surface area contributed by atoms with Crippen molar-refractivity contribution in [3.8, 4) is 6.07 Å². The van der Waals surface area contributed by atoms with Crippen molar-refractivity contribution in [3.63, 3.8) is 0 Å². The molecule has 0 bridgehead atoms. The van der Waals surface area contributed by atoms with Gasteiger partial charge in [-0.1, -0.05) is 12.5 Å². The summed E-state index contributed by atoms with van der Waals surface area (Å²) in [6, 6.07) is 7.71. The van der Waals surface area contributed by atoms with Crippen LogP contribution in [0.4, 0.5) is 0 Å². The summed E-state index contributed by atoms with van der Waals surface area (Å²) in [5, 5.41) is 18.4. The first-order valence-corrected chi connectivity index (χ1v) is 7.15. The highest BCUT2D eigenvalue weighted by Gasteiger charge is 2.49. The van der Waals surface area contributed by atoms with Gasteiger partial charge >= 0.3 is 5.97 Å². The quantitative estimate of drug-likeness (QED) is 0.899. The fourth-order valence-corrected chi connectivity index (χ4v) is 3.72. The van der Waals surface area contributed by atoms with E-state index in [9.17, 15) is 14.7 Å². The Morgan fingerprint density at radius 2 is 2.14 bits per heavy atom. The average Bonchev–Trinajstić information content (AvgIpc) is 3.06. The van der Waals surface area contributed by atoms with Crippen LogP contribution < -0.4 is 0 Å². The molecular formula is C16H16N2O3. The predicted molar refractivity (Wildman–Crippen MR) is 74.4 cm³/mol. The van der Waals surface area contributed by atoms with Gasteiger partial charge in [-0.05, 0) is 42.9 Å². The normalized spacial score (nSPS) is 27.2. The molecule has 5 nitrogen and oxygen atoms in total. The van der Waals surface area contributed by atoms with Crippen LogP contribution in [0.1, 0.15) is 35.2 Å². The zero-order chi connectivity index (χ0) is 15.0. The van der Waals surface area contributed by atoms with E-state index in [2.05, 4.69) is 0 Å². The lowest BCUT2D eigenvalue weighted by Gasteiger charge is -2.24. The van der Waals surface area contributed by atoms with Crippen molar-refractivity contribution < 1.29 is 14.7 Å². The molecule has 0 radical (unpaired) electrons. The summed E-state index contributed by atoms with van der Waals surface area (Å²) in [6.45, 7) is 0.511. The van der Waals surface area contributed by atoms with E-state index in [1.54, 1.807) is 18.2 Å². The molecule has 2 aliphatic rings. The molecule has 1 aromatic carbocycles. The summed E-state index contributed by atoms with van der Waals surface area (Å²) in [5.41, 5.74) is 0.799. The van der Waals surface area contributed by atoms with Gasteiger partial charge in [-0.3, -0.25) is 4.79 Å². The van der Waals surface area contributed by atoms with Crippen LogP contribution in [-0.4, -0.2) is 34.5 Å². The molecule has 2 fully saturated rings. The first-order chi connectivity index (χ1) is 10.1. The fraction of sp³-hybridized carbons (Fsp3) is 0.438. The highest BCUT2D eigenvalue weighted by atomic mass is 16.4. The van der Waals surface area contributed by atoms with Crippen molar-refractivity contribution in [1.82, 2.24) is 4.90 Å². The number of carbonyl (C=O) groups is 2. The monoisotopic (exact) mass is 284 g/mol. The van der Waals surface area contributed by atoms with Crippen molar-refractivity contribution in [3.05, 3.63) is 35.4 Å². The van der Waals surface area contributed by atoms with Crippen molar-refractivity contribution in [2.75, 3.05) is 6.54 Å². The molecule has 0 aromatic heterocycles. The van der Waals surface area contributed by atoms with Crippen molar-refractivity contribution in [2.45, 2.75) is 25.3 Å². The smallest absolute Gasteiger partial charge is 0.326 e. The lowest BCUT2D eigenvalue weighted by Crippen LogP contribution is -2.43. The number of carboxylic acids is 1. The number of hydrogen-bond acceptors (Lipinski definition) is 3. The molecule has 1 heterocycles. The van der Waals surface area contributed by atoms with Gasteiger partial charge in [0.05, 0.1) is 11.6 Å². The zero-order valence-corrected chi connectivity index (χ0v) is 11.5. The number of hydrogen-bond donors (Lipinski definition) is 1. The average molecular weight is 284 g/mol. The Hall–Kier alpha value is -2.35. The molecular weight excluding hydrogens is 268 g/mol. The van der Waals surface area contributed by atoms with Crippen LogP contribution in [0.25, 0.3) is 0 Å². The molecule has 21 heavy (non-hydrogen) atoms. The summed E-state index contributed by atoms with van der Waals surface area (Å²) in [4.78, 5) is 25.7. The molecule has 108 valence electrons. The van der Waals surface area contributed by atoms with Gasteiger partial charge in [-0.2, -0.15) is 5.26 Å². The van der Waals surface area contributed by atoms with Crippen LogP contribution in [0.15, 0.2) is 24.3 Å². The van der Waals surface area contributed by atoms with Crippen molar-refractivity contribution in [1.29, 1.82) is 5.26 Å². The third kappa shape index (κ3) is 2.27. The zero-order valence-electron chi connectivity index (χ0n) is 11.5. The Morgan fingerprint density at radius 1 is 1.33 bits per heavy atom. The minimum absolute atomic E-state index is 0.0746. The summed E-state index contributed by atoms with van der Waals surface area (Å²) < 4.78 is 0. The van der Waals surface area contributed by atoms with Crippen LogP contribution in [0.2, 0.25) is 0 Å². The first kappa shape index (κ1) is 13.6. The van der Waals surface area contributed by atoms with Gasteiger partial charge in [0.25, 0.3) is 5.91 Å². The molecule has 3 rings (SSSR count). The van der Waals surface area contributed by atoms with Crippen LogP contribution in [0, 0.1) is 23.2 Å². The maximum Gasteiger partial charge on any atom is 0.326 e. The summed E-state index contributed by atoms with van der Waals surface area (Å²) in [5.74, 6) is -0.831. The van der Waals surface area contributed by atoms with E-state index in [1.165, 1.54) is 11.0 Å². The topological polar surface area (TPSA) is 81.4 Å². The number of carboxylic acid groups (broad SMARTS) is 1. The molecule has 1 aromatic rings. The first-order valence-electron chi connectivity index (χ1n) is 7.15. The Morgan fingerprint density at radius 3 is 2.86 bits per heavy atom. The molecule has 1 N–H and O–H groups in total. The van der Waals surface area contributed by atoms with Gasteiger partial charge in [0.2, 0.25) is 0 Å². The number of carbonyl (C=O) groups excluding carboxylic acids is 1. The highest BCUT2D eigenvalue weighted by Crippen LogP contribution is 2.42. The number of likely N-dealkylation sites (tertiary alicyclic amines) is 1. The Labute approximate surface area is 122 Å². The standard InChI is InChI=1S/C16H16N2O3/c17-8-10-3-1-4-11(7-10)15(19)18-9-12-5-2-6-13(12)14(18)16(20)21/h1,3-4,7,12-14H,2,5-6,9H2,(H,20,21). The number of benzene rings is 1. The molecule has 0 spiro atoms. The van der Waals surface area contributed by atoms with E-state index in [4.69, 9.17) is 5.26 Å². The van der Waals surface area contributed by atoms with Gasteiger partial charge < -0.3 is 10.0 Å². The molecule has 1 aliphatic carbocycles. The lowest BCUT2D eigenvalue weighted by atomic mass is 9.94. The summed E-state index contributed by atoms with van der Waals surface area (Å²) >= 11 is 0. The third-order valence-corrected chi connectivity index (χ3v) is 4.64. The molecule has 1 saturated heterocycles. The van der Waals surface area contributed by atoms with Crippen LogP contribution >= 0.6 is 0 Å². The fourth-order valence-electron chi connectivity index (χ4n) is 3.72. The van der Waals surface area contributed by atoms with Crippen LogP contribution in [0.5, 0.6) is 0 Å². The van der Waals surface area contributed by atoms with E-state index in [0.717, 1.165) is 19.3 Å². The van der Waals surface area contributed by atoms with E-state index >= 15 is 0 Å². The van der Waals surface area contributed by atoms with Gasteiger partial charge in [0.15, 0.2) is 0 Å². The van der Waals surface area contributed by atoms with E-state index in [0.29, 0.717) is 23.6 Å².